The van der Waals surface area contributed by atoms with E-state index in [1.54, 1.807) is 4.52 Å². The number of carbonyl (C=O) groups is 1. The number of hydrogen-bond acceptors (Lipinski definition) is 6. The van der Waals surface area contributed by atoms with Crippen LogP contribution in [0.5, 0.6) is 0 Å². The quantitative estimate of drug-likeness (QED) is 0.659. The van der Waals surface area contributed by atoms with Crippen LogP contribution < -0.4 is 10.6 Å². The average Bonchev–Trinajstić information content (AvgIpc) is 2.84. The second-order valence-corrected chi connectivity index (χ2v) is 6.06. The number of nitrogens with one attached hydrogen (secondary N) is 2. The fourth-order valence-electron chi connectivity index (χ4n) is 1.76. The minimum absolute atomic E-state index is 0.364. The lowest BCUT2D eigenvalue weighted by Crippen LogP contribution is -2.35. The second kappa shape index (κ2) is 6.35. The lowest BCUT2D eigenvalue weighted by molar-refractivity contribution is 0.0530. The topological polar surface area (TPSA) is 93.4 Å². The van der Waals surface area contributed by atoms with E-state index < -0.39 is 11.7 Å². The van der Waals surface area contributed by atoms with Gasteiger partial charge in [0, 0.05) is 18.7 Å². The number of halogens is 1. The molecule has 0 spiro atoms. The normalized spacial score (nSPS) is 11.5. The zero-order chi connectivity index (χ0) is 16.3. The van der Waals surface area contributed by atoms with Gasteiger partial charge in [-0.05, 0) is 27.7 Å². The fourth-order valence-corrected chi connectivity index (χ4v) is 1.93. The van der Waals surface area contributed by atoms with Crippen LogP contribution in [-0.2, 0) is 4.74 Å². The number of ether oxygens (including phenoxy) is 1. The van der Waals surface area contributed by atoms with Crippen LogP contribution in [0.4, 0.5) is 10.6 Å². The van der Waals surface area contributed by atoms with Crippen molar-refractivity contribution in [1.82, 2.24) is 24.9 Å². The van der Waals surface area contributed by atoms with Gasteiger partial charge >= 0.3 is 6.09 Å². The molecular weight excluding hydrogens is 308 g/mol. The number of alkyl carbamates (subject to hydrolysis) is 1. The molecule has 0 bridgehead atoms. The van der Waals surface area contributed by atoms with E-state index in [0.29, 0.717) is 29.8 Å². The highest BCUT2D eigenvalue weighted by molar-refractivity contribution is 6.30. The third kappa shape index (κ3) is 3.97. The molecule has 0 saturated heterocycles. The number of hydrogen-bond donors (Lipinski definition) is 2. The Bertz CT molecular complexity index is 679. The van der Waals surface area contributed by atoms with Crippen LogP contribution in [0.1, 0.15) is 26.3 Å². The van der Waals surface area contributed by atoms with E-state index >= 15 is 0 Å². The predicted molar refractivity (Wildman–Crippen MR) is 83.3 cm³/mol. The molecule has 120 valence electrons. The smallest absolute Gasteiger partial charge is 0.407 e. The van der Waals surface area contributed by atoms with Gasteiger partial charge in [0.15, 0.2) is 0 Å². The molecule has 1 amide bonds. The predicted octanol–water partition coefficient (Wildman–Crippen LogP) is 2.02. The van der Waals surface area contributed by atoms with Crippen molar-refractivity contribution in [1.29, 1.82) is 0 Å². The van der Waals surface area contributed by atoms with Crippen molar-refractivity contribution in [2.45, 2.75) is 33.3 Å². The Morgan fingerprint density at radius 3 is 2.82 bits per heavy atom. The number of rotatable bonds is 4. The summed E-state index contributed by atoms with van der Waals surface area (Å²) in [5, 5.41) is 10.3. The van der Waals surface area contributed by atoms with Crippen molar-refractivity contribution >= 4 is 29.3 Å². The Morgan fingerprint density at radius 1 is 1.41 bits per heavy atom. The lowest BCUT2D eigenvalue weighted by Gasteiger charge is -2.19. The van der Waals surface area contributed by atoms with E-state index in [9.17, 15) is 4.79 Å². The van der Waals surface area contributed by atoms with Crippen LogP contribution in [0.15, 0.2) is 6.33 Å². The molecule has 0 radical (unpaired) electrons. The summed E-state index contributed by atoms with van der Waals surface area (Å²) in [6, 6.07) is 0. The van der Waals surface area contributed by atoms with Gasteiger partial charge in [-0.3, -0.25) is 0 Å². The van der Waals surface area contributed by atoms with Gasteiger partial charge in [-0.1, -0.05) is 11.6 Å². The van der Waals surface area contributed by atoms with E-state index in [4.69, 9.17) is 16.3 Å². The van der Waals surface area contributed by atoms with Crippen LogP contribution in [-0.4, -0.2) is 44.4 Å². The molecule has 22 heavy (non-hydrogen) atoms. The molecule has 0 aliphatic rings. The molecule has 0 atom stereocenters. The molecule has 8 nitrogen and oxygen atoms in total. The Hall–Kier alpha value is -2.09. The van der Waals surface area contributed by atoms with E-state index in [0.717, 1.165) is 5.56 Å². The average molecular weight is 327 g/mol. The first-order valence-corrected chi connectivity index (χ1v) is 7.22. The first kappa shape index (κ1) is 16.3. The summed E-state index contributed by atoms with van der Waals surface area (Å²) in [6.07, 6.45) is 0.951. The van der Waals surface area contributed by atoms with E-state index in [1.807, 2.05) is 27.7 Å². The number of carbonyl (C=O) groups excluding carboxylic acids is 1. The molecule has 0 aromatic carbocycles. The lowest BCUT2D eigenvalue weighted by atomic mass is 10.2. The Balaban J connectivity index is 1.94. The van der Waals surface area contributed by atoms with E-state index in [1.165, 1.54) is 6.33 Å². The summed E-state index contributed by atoms with van der Waals surface area (Å²) < 4.78 is 6.72. The summed E-state index contributed by atoms with van der Waals surface area (Å²) >= 11 is 6.06. The molecule has 2 rings (SSSR count). The summed E-state index contributed by atoms with van der Waals surface area (Å²) in [5.74, 6) is 1.11. The van der Waals surface area contributed by atoms with Crippen molar-refractivity contribution in [3.8, 4) is 0 Å². The van der Waals surface area contributed by atoms with Crippen molar-refractivity contribution < 1.29 is 9.53 Å². The van der Waals surface area contributed by atoms with Gasteiger partial charge < -0.3 is 15.4 Å². The second-order valence-electron chi connectivity index (χ2n) is 5.70. The van der Waals surface area contributed by atoms with Crippen LogP contribution >= 0.6 is 11.6 Å². The highest BCUT2D eigenvalue weighted by Gasteiger charge is 2.16. The fraction of sp³-hybridized carbons (Fsp3) is 0.538. The molecule has 0 aliphatic carbocycles. The zero-order valence-corrected chi connectivity index (χ0v) is 13.7. The van der Waals surface area contributed by atoms with Crippen LogP contribution in [0.3, 0.4) is 0 Å². The molecule has 0 saturated carbocycles. The number of amides is 1. The first-order chi connectivity index (χ1) is 10.3. The van der Waals surface area contributed by atoms with Gasteiger partial charge in [0.25, 0.3) is 5.78 Å². The molecule has 0 unspecified atom stereocenters. The molecule has 2 heterocycles. The van der Waals surface area contributed by atoms with Gasteiger partial charge in [-0.15, -0.1) is 0 Å². The summed E-state index contributed by atoms with van der Waals surface area (Å²) in [7, 11) is 0. The molecule has 0 aliphatic heterocycles. The maximum atomic E-state index is 11.5. The zero-order valence-electron chi connectivity index (χ0n) is 13.0. The largest absolute Gasteiger partial charge is 0.444 e. The van der Waals surface area contributed by atoms with Crippen molar-refractivity contribution in [2.24, 2.45) is 0 Å². The highest BCUT2D eigenvalue weighted by Crippen LogP contribution is 2.21. The summed E-state index contributed by atoms with van der Waals surface area (Å²) in [5.41, 5.74) is 0.247. The molecule has 9 heteroatoms. The van der Waals surface area contributed by atoms with Crippen LogP contribution in [0.25, 0.3) is 5.78 Å². The van der Waals surface area contributed by atoms with Crippen molar-refractivity contribution in [2.75, 3.05) is 18.4 Å². The maximum Gasteiger partial charge on any atom is 0.407 e. The highest BCUT2D eigenvalue weighted by atomic mass is 35.5. The minimum atomic E-state index is -0.514. The SMILES string of the molecule is Cc1c(Cl)nc2ncnn2c1NCCNC(=O)OC(C)(C)C. The summed E-state index contributed by atoms with van der Waals surface area (Å²) in [4.78, 5) is 19.7. The van der Waals surface area contributed by atoms with E-state index in [2.05, 4.69) is 25.7 Å². The molecule has 2 aromatic rings. The van der Waals surface area contributed by atoms with Crippen molar-refractivity contribution in [3.63, 3.8) is 0 Å². The standard InChI is InChI=1S/C13H19ClN6O2/c1-8-9(14)19-11-17-7-18-20(11)10(8)15-5-6-16-12(21)22-13(2,3)4/h7,15H,5-6H2,1-4H3,(H,16,21). The molecular formula is C13H19ClN6O2. The first-order valence-electron chi connectivity index (χ1n) is 6.84. The number of aromatic nitrogens is 4. The molecule has 2 aromatic heterocycles. The molecule has 2 N–H and O–H groups in total. The van der Waals surface area contributed by atoms with Crippen molar-refractivity contribution in [3.05, 3.63) is 17.0 Å². The third-order valence-corrected chi connectivity index (χ3v) is 3.06. The Labute approximate surface area is 133 Å². The van der Waals surface area contributed by atoms with Gasteiger partial charge in [0.1, 0.15) is 22.9 Å². The monoisotopic (exact) mass is 326 g/mol. The van der Waals surface area contributed by atoms with E-state index in [-0.39, 0.29) is 0 Å². The van der Waals surface area contributed by atoms with Gasteiger partial charge in [0.2, 0.25) is 0 Å². The number of nitrogens with zero attached hydrogens (tertiary/aromatic N) is 4. The number of anilines is 1. The molecule has 0 fully saturated rings. The van der Waals surface area contributed by atoms with Crippen LogP contribution in [0, 0.1) is 6.92 Å². The van der Waals surface area contributed by atoms with Gasteiger partial charge in [-0.25, -0.2) is 4.79 Å². The minimum Gasteiger partial charge on any atom is -0.444 e. The Kier molecular flexibility index (Phi) is 4.70. The Morgan fingerprint density at radius 2 is 2.14 bits per heavy atom. The number of fused-ring (bicyclic) bond motifs is 1. The van der Waals surface area contributed by atoms with Gasteiger partial charge in [0.05, 0.1) is 0 Å². The van der Waals surface area contributed by atoms with Gasteiger partial charge in [-0.2, -0.15) is 19.6 Å². The van der Waals surface area contributed by atoms with Crippen LogP contribution in [0.2, 0.25) is 5.15 Å². The summed E-state index contributed by atoms with van der Waals surface area (Å²) in [6.45, 7) is 8.15. The maximum absolute atomic E-state index is 11.5. The third-order valence-electron chi connectivity index (χ3n) is 2.69.